The van der Waals surface area contributed by atoms with Crippen molar-refractivity contribution in [3.8, 4) is 0 Å². The normalized spacial score (nSPS) is 19.4. The standard InChI is InChI=1S/C15H20N2O4/c18-10-8-13-3-1-2-9-16(13)11-15(19)12-4-6-14(7-5-12)17(20)21/h4-7,13,18H,1-3,8-11H2. The molecule has 0 aromatic heterocycles. The highest BCUT2D eigenvalue weighted by molar-refractivity contribution is 5.97. The Morgan fingerprint density at radius 1 is 1.33 bits per heavy atom. The van der Waals surface area contributed by atoms with Crippen LogP contribution in [0, 0.1) is 10.1 Å². The highest BCUT2D eigenvalue weighted by Crippen LogP contribution is 2.20. The summed E-state index contributed by atoms with van der Waals surface area (Å²) >= 11 is 0. The molecule has 0 saturated carbocycles. The zero-order valence-corrected chi connectivity index (χ0v) is 11.9. The Balaban J connectivity index is 2.00. The van der Waals surface area contributed by atoms with Gasteiger partial charge in [-0.1, -0.05) is 6.42 Å². The van der Waals surface area contributed by atoms with Crippen molar-refractivity contribution in [2.75, 3.05) is 19.7 Å². The average molecular weight is 292 g/mol. The first-order valence-corrected chi connectivity index (χ1v) is 7.24. The number of Topliss-reactive ketones (excluding diaryl/α,β-unsaturated/α-hetero) is 1. The second-order valence-electron chi connectivity index (χ2n) is 5.36. The lowest BCUT2D eigenvalue weighted by Crippen LogP contribution is -2.43. The molecular formula is C15H20N2O4. The van der Waals surface area contributed by atoms with Gasteiger partial charge in [-0.05, 0) is 37.9 Å². The highest BCUT2D eigenvalue weighted by atomic mass is 16.6. The summed E-state index contributed by atoms with van der Waals surface area (Å²) in [5, 5.41) is 19.7. The number of nitro groups is 1. The van der Waals surface area contributed by atoms with E-state index >= 15 is 0 Å². The van der Waals surface area contributed by atoms with E-state index < -0.39 is 4.92 Å². The molecule has 21 heavy (non-hydrogen) atoms. The molecule has 1 saturated heterocycles. The van der Waals surface area contributed by atoms with Crippen LogP contribution in [0.2, 0.25) is 0 Å². The first kappa shape index (κ1) is 15.6. The largest absolute Gasteiger partial charge is 0.396 e. The zero-order chi connectivity index (χ0) is 15.2. The molecule has 1 unspecified atom stereocenters. The predicted molar refractivity (Wildman–Crippen MR) is 78.3 cm³/mol. The zero-order valence-electron chi connectivity index (χ0n) is 11.9. The number of aliphatic hydroxyl groups is 1. The smallest absolute Gasteiger partial charge is 0.269 e. The summed E-state index contributed by atoms with van der Waals surface area (Å²) in [4.78, 5) is 24.5. The van der Waals surface area contributed by atoms with Crippen LogP contribution in [0.3, 0.4) is 0 Å². The monoisotopic (exact) mass is 292 g/mol. The SMILES string of the molecule is O=C(CN1CCCCC1CCO)c1ccc([N+](=O)[O-])cc1. The molecule has 2 rings (SSSR count). The van der Waals surface area contributed by atoms with Crippen LogP contribution >= 0.6 is 0 Å². The van der Waals surface area contributed by atoms with Crippen molar-refractivity contribution < 1.29 is 14.8 Å². The van der Waals surface area contributed by atoms with Crippen LogP contribution in [0.4, 0.5) is 5.69 Å². The van der Waals surface area contributed by atoms with E-state index in [-0.39, 0.29) is 24.1 Å². The lowest BCUT2D eigenvalue weighted by molar-refractivity contribution is -0.384. The number of carbonyl (C=O) groups excluding carboxylic acids is 1. The van der Waals surface area contributed by atoms with Gasteiger partial charge in [0, 0.05) is 30.3 Å². The van der Waals surface area contributed by atoms with E-state index in [9.17, 15) is 14.9 Å². The number of hydrogen-bond acceptors (Lipinski definition) is 5. The fourth-order valence-electron chi connectivity index (χ4n) is 2.79. The second-order valence-corrected chi connectivity index (χ2v) is 5.36. The van der Waals surface area contributed by atoms with Gasteiger partial charge in [0.1, 0.15) is 0 Å². The van der Waals surface area contributed by atoms with Crippen LogP contribution in [-0.4, -0.2) is 46.5 Å². The number of piperidine rings is 1. The van der Waals surface area contributed by atoms with Crippen molar-refractivity contribution in [1.82, 2.24) is 4.90 Å². The summed E-state index contributed by atoms with van der Waals surface area (Å²) in [6.45, 7) is 1.30. The average Bonchev–Trinajstić information content (AvgIpc) is 2.49. The van der Waals surface area contributed by atoms with Crippen molar-refractivity contribution in [3.63, 3.8) is 0 Å². The fourth-order valence-corrected chi connectivity index (χ4v) is 2.79. The van der Waals surface area contributed by atoms with Gasteiger partial charge in [0.05, 0.1) is 11.5 Å². The van der Waals surface area contributed by atoms with Crippen LogP contribution in [0.5, 0.6) is 0 Å². The summed E-state index contributed by atoms with van der Waals surface area (Å²) in [6.07, 6.45) is 3.89. The molecule has 1 atom stereocenters. The number of aliphatic hydroxyl groups excluding tert-OH is 1. The summed E-state index contributed by atoms with van der Waals surface area (Å²) in [6, 6.07) is 5.98. The van der Waals surface area contributed by atoms with Gasteiger partial charge in [0.2, 0.25) is 0 Å². The third kappa shape index (κ3) is 4.09. The van der Waals surface area contributed by atoms with Gasteiger partial charge < -0.3 is 5.11 Å². The van der Waals surface area contributed by atoms with Gasteiger partial charge in [-0.2, -0.15) is 0 Å². The molecule has 1 aliphatic rings. The van der Waals surface area contributed by atoms with Crippen molar-refractivity contribution in [2.24, 2.45) is 0 Å². The molecule has 1 fully saturated rings. The van der Waals surface area contributed by atoms with Crippen molar-refractivity contribution >= 4 is 11.5 Å². The number of likely N-dealkylation sites (tertiary alicyclic amines) is 1. The molecule has 6 nitrogen and oxygen atoms in total. The molecule has 0 spiro atoms. The Morgan fingerprint density at radius 2 is 2.05 bits per heavy atom. The van der Waals surface area contributed by atoms with Crippen LogP contribution < -0.4 is 0 Å². The number of nitro benzene ring substituents is 1. The highest BCUT2D eigenvalue weighted by Gasteiger charge is 2.24. The Morgan fingerprint density at radius 3 is 2.67 bits per heavy atom. The molecule has 6 heteroatoms. The minimum atomic E-state index is -0.476. The number of carbonyl (C=O) groups is 1. The first-order valence-electron chi connectivity index (χ1n) is 7.24. The number of ketones is 1. The van der Waals surface area contributed by atoms with E-state index in [1.807, 2.05) is 0 Å². The first-order chi connectivity index (χ1) is 10.1. The third-order valence-electron chi connectivity index (χ3n) is 3.96. The van der Waals surface area contributed by atoms with E-state index in [0.29, 0.717) is 18.5 Å². The van der Waals surface area contributed by atoms with Crippen molar-refractivity contribution in [3.05, 3.63) is 39.9 Å². The quantitative estimate of drug-likeness (QED) is 0.492. The fraction of sp³-hybridized carbons (Fsp3) is 0.533. The van der Waals surface area contributed by atoms with Crippen LogP contribution in [-0.2, 0) is 0 Å². The Kier molecular flexibility index (Phi) is 5.41. The predicted octanol–water partition coefficient (Wildman–Crippen LogP) is 2.01. The Labute approximate surface area is 123 Å². The lowest BCUT2D eigenvalue weighted by Gasteiger charge is -2.34. The van der Waals surface area contributed by atoms with Gasteiger partial charge in [0.25, 0.3) is 5.69 Å². The molecule has 0 bridgehead atoms. The number of hydrogen-bond donors (Lipinski definition) is 1. The van der Waals surface area contributed by atoms with Crippen LogP contribution in [0.1, 0.15) is 36.0 Å². The number of non-ortho nitro benzene ring substituents is 1. The van der Waals surface area contributed by atoms with Gasteiger partial charge in [-0.25, -0.2) is 0 Å². The molecular weight excluding hydrogens is 272 g/mol. The van der Waals surface area contributed by atoms with E-state index in [1.165, 1.54) is 24.3 Å². The summed E-state index contributed by atoms with van der Waals surface area (Å²) in [5.74, 6) is -0.0327. The topological polar surface area (TPSA) is 83.7 Å². The Hall–Kier alpha value is -1.79. The summed E-state index contributed by atoms with van der Waals surface area (Å²) < 4.78 is 0. The van der Waals surface area contributed by atoms with Gasteiger partial charge in [-0.15, -0.1) is 0 Å². The van der Waals surface area contributed by atoms with E-state index in [2.05, 4.69) is 4.90 Å². The summed E-state index contributed by atoms with van der Waals surface area (Å²) in [5.41, 5.74) is 0.483. The maximum atomic E-state index is 12.3. The maximum Gasteiger partial charge on any atom is 0.269 e. The number of benzene rings is 1. The van der Waals surface area contributed by atoms with E-state index in [0.717, 1.165) is 25.8 Å². The lowest BCUT2D eigenvalue weighted by atomic mass is 9.98. The molecule has 1 aromatic rings. The Bertz CT molecular complexity index is 499. The molecule has 1 N–H and O–H groups in total. The maximum absolute atomic E-state index is 12.3. The van der Waals surface area contributed by atoms with Crippen molar-refractivity contribution in [2.45, 2.75) is 31.7 Å². The molecule has 0 aliphatic carbocycles. The van der Waals surface area contributed by atoms with Crippen molar-refractivity contribution in [1.29, 1.82) is 0 Å². The molecule has 0 amide bonds. The van der Waals surface area contributed by atoms with Gasteiger partial charge in [-0.3, -0.25) is 19.8 Å². The summed E-state index contributed by atoms with van der Waals surface area (Å²) in [7, 11) is 0. The van der Waals surface area contributed by atoms with Crippen LogP contribution in [0.25, 0.3) is 0 Å². The molecule has 1 heterocycles. The van der Waals surface area contributed by atoms with Crippen LogP contribution in [0.15, 0.2) is 24.3 Å². The molecule has 1 aliphatic heterocycles. The van der Waals surface area contributed by atoms with E-state index in [4.69, 9.17) is 5.11 Å². The second kappa shape index (κ2) is 7.28. The third-order valence-corrected chi connectivity index (χ3v) is 3.96. The molecule has 114 valence electrons. The van der Waals surface area contributed by atoms with Gasteiger partial charge in [0.15, 0.2) is 5.78 Å². The minimum Gasteiger partial charge on any atom is -0.396 e. The van der Waals surface area contributed by atoms with E-state index in [1.54, 1.807) is 0 Å². The molecule has 0 radical (unpaired) electrons. The molecule has 1 aromatic carbocycles. The minimum absolute atomic E-state index is 0.0114. The number of rotatable bonds is 6. The number of nitrogens with zero attached hydrogens (tertiary/aromatic N) is 2. The van der Waals surface area contributed by atoms with Gasteiger partial charge >= 0.3 is 0 Å².